The van der Waals surface area contributed by atoms with Crippen LogP contribution >= 0.6 is 0 Å². The van der Waals surface area contributed by atoms with E-state index in [9.17, 15) is 9.59 Å². The fourth-order valence-electron chi connectivity index (χ4n) is 10.3. The molecule has 0 heterocycles. The first kappa shape index (κ1) is 31.1. The Hall–Kier alpha value is -1.84. The molecule has 0 N–H and O–H groups in total. The molecule has 0 aromatic carbocycles. The summed E-state index contributed by atoms with van der Waals surface area (Å²) in [6.07, 6.45) is 10.9. The summed E-state index contributed by atoms with van der Waals surface area (Å²) in [5, 5.41) is 0. The maximum atomic E-state index is 14.9. The molecule has 4 aliphatic carbocycles. The monoisotopic (exact) mass is 552 g/mol. The maximum Gasteiger partial charge on any atom is 0.313 e. The highest BCUT2D eigenvalue weighted by Crippen LogP contribution is 2.74. The van der Waals surface area contributed by atoms with Gasteiger partial charge < -0.3 is 9.47 Å². The minimum atomic E-state index is -0.797. The Morgan fingerprint density at radius 3 is 1.80 bits per heavy atom. The maximum absolute atomic E-state index is 14.9. The first-order valence-corrected chi connectivity index (χ1v) is 15.8. The second kappa shape index (κ2) is 10.5. The van der Waals surface area contributed by atoms with Gasteiger partial charge in [-0.3, -0.25) is 9.59 Å². The number of hydrogen-bond donors (Lipinski definition) is 0. The van der Waals surface area contributed by atoms with Crippen LogP contribution in [0.15, 0.2) is 38.0 Å². The van der Waals surface area contributed by atoms with Gasteiger partial charge in [0.25, 0.3) is 0 Å². The van der Waals surface area contributed by atoms with Crippen molar-refractivity contribution >= 4 is 11.9 Å². The van der Waals surface area contributed by atoms with Crippen molar-refractivity contribution in [3.63, 3.8) is 0 Å². The number of esters is 2. The SMILES string of the molecule is C=CC1CC(C=C)C2C1CC(C(=O)OC(C)(C)C)(C1C3C(CC)CC(C=C)C3CC1(C)C(=O)OC(C)(C)C)C2C. The normalized spacial score (nSPS) is 44.5. The van der Waals surface area contributed by atoms with Crippen LogP contribution in [-0.4, -0.2) is 23.1 Å². The molecule has 4 saturated carbocycles. The van der Waals surface area contributed by atoms with Crippen LogP contribution in [-0.2, 0) is 19.1 Å². The molecular weight excluding hydrogens is 496 g/mol. The molecule has 0 aromatic rings. The summed E-state index contributed by atoms with van der Waals surface area (Å²) in [4.78, 5) is 29.3. The number of fused-ring (bicyclic) bond motifs is 2. The van der Waals surface area contributed by atoms with Crippen LogP contribution in [0.25, 0.3) is 0 Å². The van der Waals surface area contributed by atoms with Crippen LogP contribution in [0.3, 0.4) is 0 Å². The molecule has 4 rings (SSSR count). The molecule has 12 unspecified atom stereocenters. The summed E-state index contributed by atoms with van der Waals surface area (Å²) in [7, 11) is 0. The average molecular weight is 553 g/mol. The summed E-state index contributed by atoms with van der Waals surface area (Å²) < 4.78 is 12.6. The lowest BCUT2D eigenvalue weighted by Crippen LogP contribution is -2.55. The van der Waals surface area contributed by atoms with E-state index in [-0.39, 0.29) is 29.7 Å². The molecule has 0 aliphatic heterocycles. The van der Waals surface area contributed by atoms with Gasteiger partial charge >= 0.3 is 11.9 Å². The Bertz CT molecular complexity index is 1030. The minimum Gasteiger partial charge on any atom is -0.460 e. The van der Waals surface area contributed by atoms with Crippen molar-refractivity contribution in [2.45, 2.75) is 106 Å². The van der Waals surface area contributed by atoms with Gasteiger partial charge in [-0.1, -0.05) is 38.5 Å². The molecule has 0 bridgehead atoms. The number of allylic oxidation sites excluding steroid dienone is 3. The van der Waals surface area contributed by atoms with E-state index in [2.05, 4.69) is 58.7 Å². The van der Waals surface area contributed by atoms with E-state index < -0.39 is 22.0 Å². The van der Waals surface area contributed by atoms with Gasteiger partial charge in [-0.05, 0) is 133 Å². The zero-order valence-electron chi connectivity index (χ0n) is 26.8. The van der Waals surface area contributed by atoms with Crippen LogP contribution in [0.4, 0.5) is 0 Å². The molecule has 224 valence electrons. The first-order valence-electron chi connectivity index (χ1n) is 15.8. The van der Waals surface area contributed by atoms with Crippen molar-refractivity contribution in [3.8, 4) is 0 Å². The van der Waals surface area contributed by atoms with Crippen LogP contribution < -0.4 is 0 Å². The number of carbonyl (C=O) groups excluding carboxylic acids is 2. The van der Waals surface area contributed by atoms with Gasteiger partial charge in [0.2, 0.25) is 0 Å². The van der Waals surface area contributed by atoms with Crippen molar-refractivity contribution in [1.82, 2.24) is 0 Å². The molecule has 4 heteroatoms. The van der Waals surface area contributed by atoms with E-state index in [0.29, 0.717) is 41.4 Å². The summed E-state index contributed by atoms with van der Waals surface area (Å²) in [6, 6.07) is 0. The van der Waals surface area contributed by atoms with E-state index in [1.165, 1.54) is 0 Å². The fraction of sp³-hybridized carbons (Fsp3) is 0.778. The van der Waals surface area contributed by atoms with Gasteiger partial charge in [-0.2, -0.15) is 0 Å². The van der Waals surface area contributed by atoms with Crippen LogP contribution in [0, 0.1) is 70.0 Å². The molecule has 4 aliphatic rings. The Kier molecular flexibility index (Phi) is 8.13. The third-order valence-corrected chi connectivity index (χ3v) is 11.6. The summed E-state index contributed by atoms with van der Waals surface area (Å²) in [5.41, 5.74) is -2.82. The van der Waals surface area contributed by atoms with E-state index >= 15 is 0 Å². The van der Waals surface area contributed by atoms with Crippen molar-refractivity contribution in [1.29, 1.82) is 0 Å². The van der Waals surface area contributed by atoms with Gasteiger partial charge in [0.1, 0.15) is 11.2 Å². The Morgan fingerprint density at radius 2 is 1.30 bits per heavy atom. The smallest absolute Gasteiger partial charge is 0.313 e. The molecule has 0 amide bonds. The predicted molar refractivity (Wildman–Crippen MR) is 162 cm³/mol. The van der Waals surface area contributed by atoms with Gasteiger partial charge in [-0.15, -0.1) is 19.7 Å². The van der Waals surface area contributed by atoms with Crippen molar-refractivity contribution in [2.75, 3.05) is 0 Å². The van der Waals surface area contributed by atoms with Crippen molar-refractivity contribution in [2.24, 2.45) is 70.0 Å². The highest BCUT2D eigenvalue weighted by Gasteiger charge is 2.74. The molecule has 0 spiro atoms. The molecule has 0 saturated heterocycles. The molecular formula is C36H56O4. The van der Waals surface area contributed by atoms with Gasteiger partial charge in [0, 0.05) is 0 Å². The first-order chi connectivity index (χ1) is 18.5. The highest BCUT2D eigenvalue weighted by molar-refractivity contribution is 5.83. The van der Waals surface area contributed by atoms with Crippen LogP contribution in [0.5, 0.6) is 0 Å². The van der Waals surface area contributed by atoms with Gasteiger partial charge in [0.15, 0.2) is 0 Å². The number of carbonyl (C=O) groups is 2. The second-order valence-electron chi connectivity index (χ2n) is 16.0. The quantitative estimate of drug-likeness (QED) is 0.235. The largest absolute Gasteiger partial charge is 0.460 e. The minimum absolute atomic E-state index is 0.0473. The number of rotatable bonds is 7. The Morgan fingerprint density at radius 1 is 0.800 bits per heavy atom. The molecule has 0 radical (unpaired) electrons. The van der Waals surface area contributed by atoms with E-state index in [4.69, 9.17) is 9.47 Å². The van der Waals surface area contributed by atoms with Gasteiger partial charge in [0.05, 0.1) is 10.8 Å². The number of hydrogen-bond acceptors (Lipinski definition) is 4. The number of ether oxygens (including phenoxy) is 2. The van der Waals surface area contributed by atoms with Crippen molar-refractivity contribution < 1.29 is 19.1 Å². The summed E-state index contributed by atoms with van der Waals surface area (Å²) in [5.74, 6) is 2.20. The molecule has 12 atom stereocenters. The molecule has 4 fully saturated rings. The highest BCUT2D eigenvalue weighted by atomic mass is 16.6. The zero-order valence-corrected chi connectivity index (χ0v) is 26.8. The molecule has 40 heavy (non-hydrogen) atoms. The van der Waals surface area contributed by atoms with Crippen LogP contribution in [0.2, 0.25) is 0 Å². The average Bonchev–Trinajstić information content (AvgIpc) is 3.54. The summed E-state index contributed by atoms with van der Waals surface area (Å²) in [6.45, 7) is 31.0. The Labute approximate surface area is 244 Å². The predicted octanol–water partition coefficient (Wildman–Crippen LogP) is 8.43. The molecule has 0 aromatic heterocycles. The second-order valence-corrected chi connectivity index (χ2v) is 16.0. The van der Waals surface area contributed by atoms with E-state index in [1.54, 1.807) is 0 Å². The molecule has 4 nitrogen and oxygen atoms in total. The third kappa shape index (κ3) is 4.83. The lowest BCUT2D eigenvalue weighted by molar-refractivity contribution is -0.190. The zero-order chi connectivity index (χ0) is 30.0. The summed E-state index contributed by atoms with van der Waals surface area (Å²) >= 11 is 0. The van der Waals surface area contributed by atoms with Crippen LogP contribution in [0.1, 0.15) is 94.4 Å². The van der Waals surface area contributed by atoms with Gasteiger partial charge in [-0.25, -0.2) is 0 Å². The third-order valence-electron chi connectivity index (χ3n) is 11.6. The Balaban J connectivity index is 1.96. The van der Waals surface area contributed by atoms with E-state index in [0.717, 1.165) is 32.1 Å². The lowest BCUT2D eigenvalue weighted by atomic mass is 9.54. The fourth-order valence-corrected chi connectivity index (χ4v) is 10.3. The van der Waals surface area contributed by atoms with Crippen molar-refractivity contribution in [3.05, 3.63) is 38.0 Å². The standard InChI is InChI=1S/C36H56O4/c1-13-22-18-25(16-4)29-26(22)19-35(12,31(37)39-33(6,7)8)30(29)36(32(38)40-34(9,10)11)20-27-23(14-2)17-24(15-3)28(27)21(36)5/h13-15,21-30H,1-3,16-20H2,4-12H3. The van der Waals surface area contributed by atoms with E-state index in [1.807, 2.05) is 41.5 Å². The topological polar surface area (TPSA) is 52.6 Å². The lowest BCUT2D eigenvalue weighted by Gasteiger charge is -2.49.